The number of carbonyl (C=O) groups excluding carboxylic acids is 2. The maximum Gasteiger partial charge on any atom is 0.251 e. The molecule has 2 heterocycles. The lowest BCUT2D eigenvalue weighted by Crippen LogP contribution is -2.46. The third-order valence-corrected chi connectivity index (χ3v) is 5.02. The number of nitrogens with one attached hydrogen (secondary N) is 4. The van der Waals surface area contributed by atoms with Crippen molar-refractivity contribution in [2.75, 3.05) is 0 Å². The number of hydrogen-bond acceptors (Lipinski definition) is 5. The fraction of sp³-hybridized carbons (Fsp3) is 0.333. The van der Waals surface area contributed by atoms with Gasteiger partial charge in [0.15, 0.2) is 0 Å². The summed E-state index contributed by atoms with van der Waals surface area (Å²) in [6.07, 6.45) is 0.911. The third-order valence-electron chi connectivity index (χ3n) is 4.03. The van der Waals surface area contributed by atoms with E-state index in [9.17, 15) is 9.59 Å². The van der Waals surface area contributed by atoms with E-state index in [0.717, 1.165) is 6.42 Å². The Morgan fingerprint density at radius 1 is 1.20 bits per heavy atom. The maximum atomic E-state index is 12.2. The molecule has 1 fully saturated rings. The van der Waals surface area contributed by atoms with Crippen molar-refractivity contribution in [2.45, 2.75) is 38.0 Å². The number of thiophene rings is 1. The number of hydrazine groups is 1. The number of benzene rings is 1. The molecule has 3 unspecified atom stereocenters. The van der Waals surface area contributed by atoms with Gasteiger partial charge in [0, 0.05) is 29.3 Å². The van der Waals surface area contributed by atoms with Crippen molar-refractivity contribution in [1.82, 2.24) is 21.5 Å². The van der Waals surface area contributed by atoms with Gasteiger partial charge in [-0.05, 0) is 30.5 Å². The Morgan fingerprint density at radius 2 is 2.00 bits per heavy atom. The van der Waals surface area contributed by atoms with Gasteiger partial charge in [0.25, 0.3) is 5.91 Å². The number of hydrogen-bond donors (Lipinski definition) is 4. The van der Waals surface area contributed by atoms with E-state index >= 15 is 0 Å². The van der Waals surface area contributed by atoms with Gasteiger partial charge in [0.05, 0.1) is 12.2 Å². The van der Waals surface area contributed by atoms with Crippen LogP contribution in [0, 0.1) is 0 Å². The fourth-order valence-electron chi connectivity index (χ4n) is 2.81. The van der Waals surface area contributed by atoms with Crippen LogP contribution in [0.15, 0.2) is 47.8 Å². The first kappa shape index (κ1) is 17.6. The molecule has 3 rings (SSSR count). The molecule has 25 heavy (non-hydrogen) atoms. The summed E-state index contributed by atoms with van der Waals surface area (Å²) in [5, 5.41) is 7.85. The van der Waals surface area contributed by atoms with Crippen LogP contribution in [0.4, 0.5) is 0 Å². The van der Waals surface area contributed by atoms with Gasteiger partial charge in [-0.1, -0.05) is 24.3 Å². The van der Waals surface area contributed by atoms with Crippen molar-refractivity contribution < 1.29 is 9.59 Å². The normalized spacial score (nSPS) is 20.8. The number of rotatable bonds is 6. The molecule has 3 atom stereocenters. The molecule has 7 heteroatoms. The molecule has 1 aromatic carbocycles. The summed E-state index contributed by atoms with van der Waals surface area (Å²) in [4.78, 5) is 25.5. The van der Waals surface area contributed by atoms with E-state index in [1.54, 1.807) is 23.5 Å². The van der Waals surface area contributed by atoms with E-state index < -0.39 is 0 Å². The lowest BCUT2D eigenvalue weighted by Gasteiger charge is -2.16. The first-order valence-electron chi connectivity index (χ1n) is 8.31. The Balaban J connectivity index is 1.42. The van der Waals surface area contributed by atoms with Crippen molar-refractivity contribution in [2.24, 2.45) is 0 Å². The van der Waals surface area contributed by atoms with Crippen LogP contribution in [0.2, 0.25) is 0 Å². The highest BCUT2D eigenvalue weighted by atomic mass is 32.1. The van der Waals surface area contributed by atoms with Crippen molar-refractivity contribution in [3.05, 3.63) is 58.3 Å². The van der Waals surface area contributed by atoms with Crippen molar-refractivity contribution in [3.63, 3.8) is 0 Å². The Kier molecular flexibility index (Phi) is 5.80. The lowest BCUT2D eigenvalue weighted by atomic mass is 10.1. The van der Waals surface area contributed by atoms with Gasteiger partial charge in [-0.15, -0.1) is 11.3 Å². The van der Waals surface area contributed by atoms with Gasteiger partial charge >= 0.3 is 0 Å². The molecule has 6 nitrogen and oxygen atoms in total. The molecule has 1 aliphatic rings. The maximum absolute atomic E-state index is 12.2. The summed E-state index contributed by atoms with van der Waals surface area (Å²) < 4.78 is 0. The minimum Gasteiger partial charge on any atom is -0.349 e. The zero-order valence-corrected chi connectivity index (χ0v) is 14.8. The van der Waals surface area contributed by atoms with Crippen molar-refractivity contribution >= 4 is 23.2 Å². The quantitative estimate of drug-likeness (QED) is 0.636. The van der Waals surface area contributed by atoms with Gasteiger partial charge in [0.1, 0.15) is 0 Å². The van der Waals surface area contributed by atoms with E-state index in [1.807, 2.05) is 36.6 Å². The van der Waals surface area contributed by atoms with Gasteiger partial charge in [0.2, 0.25) is 5.91 Å². The van der Waals surface area contributed by atoms with Gasteiger partial charge < -0.3 is 10.6 Å². The smallest absolute Gasteiger partial charge is 0.251 e. The van der Waals surface area contributed by atoms with Crippen molar-refractivity contribution in [1.29, 1.82) is 0 Å². The summed E-state index contributed by atoms with van der Waals surface area (Å²) in [5.41, 5.74) is 6.89. The number of amides is 2. The first-order valence-corrected chi connectivity index (χ1v) is 9.19. The molecule has 2 amide bonds. The third kappa shape index (κ3) is 4.88. The molecule has 0 aliphatic carbocycles. The van der Waals surface area contributed by atoms with Gasteiger partial charge in [-0.2, -0.15) is 0 Å². The second-order valence-electron chi connectivity index (χ2n) is 6.16. The summed E-state index contributed by atoms with van der Waals surface area (Å²) in [7, 11) is 0. The molecule has 0 spiro atoms. The van der Waals surface area contributed by atoms with Crippen LogP contribution in [-0.4, -0.2) is 24.0 Å². The van der Waals surface area contributed by atoms with Gasteiger partial charge in [-0.3, -0.25) is 9.59 Å². The van der Waals surface area contributed by atoms with E-state index in [0.29, 0.717) is 5.56 Å². The average molecular weight is 358 g/mol. The molecule has 0 saturated carbocycles. The largest absolute Gasteiger partial charge is 0.349 e. The van der Waals surface area contributed by atoms with Crippen molar-refractivity contribution in [3.8, 4) is 0 Å². The molecule has 0 radical (unpaired) electrons. The van der Waals surface area contributed by atoms with Crippen LogP contribution in [0.25, 0.3) is 0 Å². The van der Waals surface area contributed by atoms with E-state index in [1.165, 1.54) is 4.88 Å². The lowest BCUT2D eigenvalue weighted by molar-refractivity contribution is -0.122. The highest BCUT2D eigenvalue weighted by Crippen LogP contribution is 2.25. The second kappa shape index (κ2) is 8.24. The zero-order valence-electron chi connectivity index (χ0n) is 14.0. The minimum atomic E-state index is -0.241. The molecule has 1 saturated heterocycles. The molecule has 1 aromatic heterocycles. The predicted molar refractivity (Wildman–Crippen MR) is 97.9 cm³/mol. The minimum absolute atomic E-state index is 0.0907. The fourth-order valence-corrected chi connectivity index (χ4v) is 3.60. The highest BCUT2D eigenvalue weighted by Gasteiger charge is 2.27. The van der Waals surface area contributed by atoms with Crippen LogP contribution in [-0.2, 0) is 4.79 Å². The summed E-state index contributed by atoms with van der Waals surface area (Å²) >= 11 is 1.69. The second-order valence-corrected chi connectivity index (χ2v) is 7.14. The van der Waals surface area contributed by atoms with Gasteiger partial charge in [-0.25, -0.2) is 10.9 Å². The highest BCUT2D eigenvalue weighted by molar-refractivity contribution is 7.10. The van der Waals surface area contributed by atoms with Crippen LogP contribution in [0.3, 0.4) is 0 Å². The molecular formula is C18H22N4O2S. The standard InChI is InChI=1S/C18H22N4O2S/c1-12(19-18(24)13-6-3-2-4-7-13)10-17(23)20-16-11-14(21-22-16)15-8-5-9-25-15/h2-9,12,14,16,21-22H,10-11H2,1H3,(H,19,24)(H,20,23). The van der Waals surface area contributed by atoms with Crippen LogP contribution < -0.4 is 21.5 Å². The molecule has 132 valence electrons. The molecule has 4 N–H and O–H groups in total. The molecular weight excluding hydrogens is 336 g/mol. The SMILES string of the molecule is CC(CC(=O)NC1CC(c2cccs2)NN1)NC(=O)c1ccccc1. The monoisotopic (exact) mass is 358 g/mol. The Hall–Kier alpha value is -2.22. The topological polar surface area (TPSA) is 82.3 Å². The molecule has 1 aliphatic heterocycles. The van der Waals surface area contributed by atoms with Crippen LogP contribution in [0.1, 0.15) is 41.0 Å². The molecule has 2 aromatic rings. The Morgan fingerprint density at radius 3 is 2.72 bits per heavy atom. The van der Waals surface area contributed by atoms with E-state index in [4.69, 9.17) is 0 Å². The van der Waals surface area contributed by atoms with E-state index in [-0.39, 0.29) is 36.5 Å². The van der Waals surface area contributed by atoms with Crippen LogP contribution >= 0.6 is 11.3 Å². The summed E-state index contributed by atoms with van der Waals surface area (Å²) in [6, 6.07) is 13.1. The zero-order chi connectivity index (χ0) is 17.6. The number of carbonyl (C=O) groups is 2. The summed E-state index contributed by atoms with van der Waals surface area (Å²) in [6.45, 7) is 1.83. The molecule has 0 bridgehead atoms. The van der Waals surface area contributed by atoms with E-state index in [2.05, 4.69) is 27.6 Å². The first-order chi connectivity index (χ1) is 12.1. The van der Waals surface area contributed by atoms with Crippen LogP contribution in [0.5, 0.6) is 0 Å². The Labute approximate surface area is 151 Å². The predicted octanol–water partition coefficient (Wildman–Crippen LogP) is 1.94. The average Bonchev–Trinajstić information content (AvgIpc) is 3.26. The summed E-state index contributed by atoms with van der Waals surface area (Å²) in [5.74, 6) is -0.258. The Bertz CT molecular complexity index is 705.